The first-order chi connectivity index (χ1) is 16.5. The molecule has 0 bridgehead atoms. The minimum atomic E-state index is -2.71. The fraction of sp³-hybridized carbons (Fsp3) is 0.0741. The zero-order valence-electron chi connectivity index (χ0n) is 18.3. The van der Waals surface area contributed by atoms with E-state index in [9.17, 15) is 4.57 Å². The molecule has 1 heterocycles. The lowest BCUT2D eigenvalue weighted by Gasteiger charge is -2.07. The van der Waals surface area contributed by atoms with Crippen molar-refractivity contribution in [1.29, 1.82) is 0 Å². The summed E-state index contributed by atoms with van der Waals surface area (Å²) in [6.07, 6.45) is 0.520. The van der Waals surface area contributed by atoms with Crippen LogP contribution in [0.25, 0.3) is 33.3 Å². The average Bonchev–Trinajstić information content (AvgIpc) is 3.22. The molecule has 5 aromatic rings. The average molecular weight is 488 g/mol. The molecule has 0 amide bonds. The number of nitrogens with zero attached hydrogens (tertiary/aromatic N) is 1. The van der Waals surface area contributed by atoms with Crippen LogP contribution in [0.1, 0.15) is 17.0 Å². The van der Waals surface area contributed by atoms with Crippen LogP contribution in [0.3, 0.4) is 0 Å². The number of imidazole rings is 1. The predicted octanol–water partition coefficient (Wildman–Crippen LogP) is 7.48. The van der Waals surface area contributed by atoms with Crippen LogP contribution >= 0.6 is 19.9 Å². The third-order valence-corrected chi connectivity index (χ3v) is 6.39. The first-order valence-electron chi connectivity index (χ1n) is 10.7. The second kappa shape index (κ2) is 9.40. The highest BCUT2D eigenvalue weighted by Crippen LogP contribution is 2.33. The van der Waals surface area contributed by atoms with Crippen LogP contribution in [-0.2, 0) is 11.0 Å². The second-order valence-corrected chi connectivity index (χ2v) is 9.15. The molecule has 2 N–H and O–H groups in total. The molecule has 34 heavy (non-hydrogen) atoms. The zero-order chi connectivity index (χ0) is 23.7. The van der Waals surface area contributed by atoms with Crippen LogP contribution in [0.15, 0.2) is 84.9 Å². The van der Waals surface area contributed by atoms with Gasteiger partial charge in [0.2, 0.25) is 0 Å². The van der Waals surface area contributed by atoms with Crippen LogP contribution < -0.4 is 4.52 Å². The zero-order valence-corrected chi connectivity index (χ0v) is 20.0. The Kier molecular flexibility index (Phi) is 6.16. The van der Waals surface area contributed by atoms with Gasteiger partial charge in [-0.1, -0.05) is 78.3 Å². The first kappa shape index (κ1) is 22.3. The fourth-order valence-corrected chi connectivity index (χ4v) is 4.63. The lowest BCUT2D eigenvalue weighted by molar-refractivity contribution is 0.409. The molecule has 168 valence electrons. The Hall–Kier alpha value is -3.50. The summed E-state index contributed by atoms with van der Waals surface area (Å²) in [6.45, 7) is 1.83. The number of aromatic amines is 1. The molecule has 1 atom stereocenters. The molecule has 5 rings (SSSR count). The van der Waals surface area contributed by atoms with Gasteiger partial charge >= 0.3 is 8.25 Å². The predicted molar refractivity (Wildman–Crippen MR) is 136 cm³/mol. The highest BCUT2D eigenvalue weighted by Gasteiger charge is 2.17. The summed E-state index contributed by atoms with van der Waals surface area (Å²) in [5.41, 5.74) is 7.65. The van der Waals surface area contributed by atoms with E-state index in [4.69, 9.17) is 26.0 Å². The van der Waals surface area contributed by atoms with E-state index in [-0.39, 0.29) is 0 Å². The SMILES string of the molecule is Cc1ccc(Cc2nc3cc(-c4ccc(-c5ccccc5)cc4)c(Cl)cc3[nH]2)cc1O[P+](=O)O. The second-order valence-electron chi connectivity index (χ2n) is 8.08. The Labute approximate surface area is 203 Å². The van der Waals surface area contributed by atoms with Crippen LogP contribution in [0.2, 0.25) is 5.02 Å². The lowest BCUT2D eigenvalue weighted by atomic mass is 10.00. The Morgan fingerprint density at radius 1 is 0.941 bits per heavy atom. The van der Waals surface area contributed by atoms with Crippen molar-refractivity contribution in [1.82, 2.24) is 9.97 Å². The van der Waals surface area contributed by atoms with Gasteiger partial charge in [0.1, 0.15) is 5.82 Å². The van der Waals surface area contributed by atoms with Gasteiger partial charge in [-0.2, -0.15) is 0 Å². The summed E-state index contributed by atoms with van der Waals surface area (Å²) in [5, 5.41) is 0.646. The summed E-state index contributed by atoms with van der Waals surface area (Å²) in [7, 11) is -2.71. The molecular weight excluding hydrogens is 467 g/mol. The number of aromatic nitrogens is 2. The van der Waals surface area contributed by atoms with Crippen molar-refractivity contribution in [2.24, 2.45) is 0 Å². The topological polar surface area (TPSA) is 75.2 Å². The number of fused-ring (bicyclic) bond motifs is 1. The minimum Gasteiger partial charge on any atom is -0.342 e. The van der Waals surface area contributed by atoms with E-state index in [2.05, 4.69) is 41.4 Å². The molecular formula is C27H21ClN2O3P+. The lowest BCUT2D eigenvalue weighted by Crippen LogP contribution is -1.93. The molecule has 0 saturated carbocycles. The maximum absolute atomic E-state index is 11.1. The van der Waals surface area contributed by atoms with Crippen molar-refractivity contribution in [2.75, 3.05) is 0 Å². The Morgan fingerprint density at radius 2 is 1.65 bits per heavy atom. The normalized spacial score (nSPS) is 11.6. The molecule has 0 saturated heterocycles. The molecule has 0 radical (unpaired) electrons. The maximum atomic E-state index is 11.1. The molecule has 0 aliphatic rings. The number of hydrogen-bond acceptors (Lipinski definition) is 3. The van der Waals surface area contributed by atoms with Crippen molar-refractivity contribution in [3.05, 3.63) is 107 Å². The standard InChI is InChI=1S/C27H20ClN2O3P/c1-17-7-8-18(13-26(17)33-34(31)32)14-27-29-24-15-22(23(28)16-25(24)30-27)21-11-9-20(10-12-21)19-5-3-2-4-6-19/h2-13,15-16H,14H2,1H3,(H-,29,30,31,32)/p+1. The van der Waals surface area contributed by atoms with Crippen molar-refractivity contribution < 1.29 is 14.0 Å². The largest absolute Gasteiger partial charge is 0.747 e. The van der Waals surface area contributed by atoms with E-state index in [1.54, 1.807) is 6.07 Å². The van der Waals surface area contributed by atoms with Crippen molar-refractivity contribution in [2.45, 2.75) is 13.3 Å². The van der Waals surface area contributed by atoms with Gasteiger partial charge < -0.3 is 4.98 Å². The number of H-pyrrole nitrogens is 1. The van der Waals surface area contributed by atoms with Crippen molar-refractivity contribution in [3.8, 4) is 28.0 Å². The molecule has 0 aliphatic heterocycles. The number of halogens is 1. The number of rotatable bonds is 6. The molecule has 0 aliphatic carbocycles. The molecule has 7 heteroatoms. The van der Waals surface area contributed by atoms with Gasteiger partial charge in [0, 0.05) is 16.5 Å². The van der Waals surface area contributed by atoms with Crippen LogP contribution in [0, 0.1) is 6.92 Å². The summed E-state index contributed by atoms with van der Waals surface area (Å²) < 4.78 is 16.1. The van der Waals surface area contributed by atoms with E-state index >= 15 is 0 Å². The Balaban J connectivity index is 1.43. The molecule has 0 spiro atoms. The number of nitrogens with one attached hydrogen (secondary N) is 1. The van der Waals surface area contributed by atoms with Gasteiger partial charge in [0.25, 0.3) is 0 Å². The van der Waals surface area contributed by atoms with Gasteiger partial charge in [-0.05, 0) is 52.9 Å². The Morgan fingerprint density at radius 3 is 2.38 bits per heavy atom. The summed E-state index contributed by atoms with van der Waals surface area (Å²) >= 11 is 6.63. The van der Waals surface area contributed by atoms with Crippen LogP contribution in [0.5, 0.6) is 5.75 Å². The molecule has 5 nitrogen and oxygen atoms in total. The van der Waals surface area contributed by atoms with Gasteiger partial charge in [0.05, 0.1) is 16.1 Å². The smallest absolute Gasteiger partial charge is 0.342 e. The highest BCUT2D eigenvalue weighted by molar-refractivity contribution is 7.32. The first-order valence-corrected chi connectivity index (χ1v) is 12.2. The minimum absolute atomic E-state index is 0.390. The van der Waals surface area contributed by atoms with Gasteiger partial charge in [-0.25, -0.2) is 9.51 Å². The monoisotopic (exact) mass is 487 g/mol. The van der Waals surface area contributed by atoms with E-state index in [0.29, 0.717) is 17.2 Å². The summed E-state index contributed by atoms with van der Waals surface area (Å²) in [5.74, 6) is 1.16. The highest BCUT2D eigenvalue weighted by atomic mass is 35.5. The van der Waals surface area contributed by atoms with Crippen molar-refractivity contribution in [3.63, 3.8) is 0 Å². The fourth-order valence-electron chi connectivity index (χ4n) is 3.99. The molecule has 4 aromatic carbocycles. The third-order valence-electron chi connectivity index (χ3n) is 5.72. The quantitative estimate of drug-likeness (QED) is 0.243. The van der Waals surface area contributed by atoms with E-state index in [0.717, 1.165) is 44.7 Å². The Bertz CT molecular complexity index is 1500. The molecule has 1 aromatic heterocycles. The van der Waals surface area contributed by atoms with Gasteiger partial charge in [0.15, 0.2) is 5.75 Å². The third kappa shape index (κ3) is 4.73. The summed E-state index contributed by atoms with van der Waals surface area (Å²) in [6, 6.07) is 28.0. The van der Waals surface area contributed by atoms with Gasteiger partial charge in [-0.15, -0.1) is 4.89 Å². The molecule has 1 unspecified atom stereocenters. The number of benzene rings is 4. The van der Waals surface area contributed by atoms with Crippen molar-refractivity contribution >= 4 is 30.9 Å². The molecule has 0 fully saturated rings. The van der Waals surface area contributed by atoms with E-state index < -0.39 is 8.25 Å². The number of hydrogen-bond donors (Lipinski definition) is 2. The van der Waals surface area contributed by atoms with Gasteiger partial charge in [-0.3, -0.25) is 0 Å². The number of aryl methyl sites for hydroxylation is 1. The maximum Gasteiger partial charge on any atom is 0.747 e. The van der Waals surface area contributed by atoms with E-state index in [1.165, 1.54) is 5.56 Å². The van der Waals surface area contributed by atoms with Crippen LogP contribution in [-0.4, -0.2) is 14.9 Å². The summed E-state index contributed by atoms with van der Waals surface area (Å²) in [4.78, 5) is 17.2. The van der Waals surface area contributed by atoms with Crippen LogP contribution in [0.4, 0.5) is 0 Å². The van der Waals surface area contributed by atoms with E-state index in [1.807, 2.05) is 49.4 Å².